The van der Waals surface area contributed by atoms with Crippen molar-refractivity contribution in [2.75, 3.05) is 0 Å². The molecule has 1 fully saturated rings. The lowest BCUT2D eigenvalue weighted by Gasteiger charge is -2.30. The Morgan fingerprint density at radius 3 is 2.45 bits per heavy atom. The lowest BCUT2D eigenvalue weighted by Crippen LogP contribution is -2.37. The minimum Gasteiger partial charge on any atom is -0.273 e. The first-order chi connectivity index (χ1) is 14.9. The molecule has 1 aromatic heterocycles. The number of rotatable bonds is 8. The maximum absolute atomic E-state index is 13.7. The summed E-state index contributed by atoms with van der Waals surface area (Å²) in [6.07, 6.45) is 7.90. The van der Waals surface area contributed by atoms with Crippen molar-refractivity contribution in [1.82, 2.24) is 14.1 Å². The molecular weight excluding hydrogens is 413 g/mol. The number of aryl methyl sites for hydroxylation is 2. The summed E-state index contributed by atoms with van der Waals surface area (Å²) in [6, 6.07) is 14.8. The molecule has 7 heteroatoms. The Hall–Kier alpha value is -2.51. The lowest BCUT2D eigenvalue weighted by atomic mass is 10.0. The van der Waals surface area contributed by atoms with Gasteiger partial charge in [0.1, 0.15) is 5.82 Å². The molecule has 3 aromatic rings. The van der Waals surface area contributed by atoms with Crippen molar-refractivity contribution >= 4 is 10.0 Å². The molecule has 0 N–H and O–H groups in total. The van der Waals surface area contributed by atoms with E-state index in [4.69, 9.17) is 0 Å². The SMILES string of the molecule is Cc1ccc(S(=O)(=O)N2C(CCCCn3cccn3)CCC2c2ccc(F)cc2)cc1. The highest BCUT2D eigenvalue weighted by Gasteiger charge is 2.42. The molecule has 164 valence electrons. The van der Waals surface area contributed by atoms with E-state index in [0.29, 0.717) is 4.90 Å². The van der Waals surface area contributed by atoms with Crippen LogP contribution in [0.4, 0.5) is 4.39 Å². The van der Waals surface area contributed by atoms with Crippen LogP contribution in [0, 0.1) is 12.7 Å². The maximum atomic E-state index is 13.7. The van der Waals surface area contributed by atoms with E-state index in [-0.39, 0.29) is 17.9 Å². The van der Waals surface area contributed by atoms with Gasteiger partial charge in [-0.3, -0.25) is 4.68 Å². The van der Waals surface area contributed by atoms with Gasteiger partial charge in [0.25, 0.3) is 0 Å². The van der Waals surface area contributed by atoms with Crippen molar-refractivity contribution in [3.05, 3.63) is 83.9 Å². The predicted molar refractivity (Wildman–Crippen MR) is 118 cm³/mol. The summed E-state index contributed by atoms with van der Waals surface area (Å²) in [4.78, 5) is 0.314. The lowest BCUT2D eigenvalue weighted by molar-refractivity contribution is 0.305. The van der Waals surface area contributed by atoms with Gasteiger partial charge in [-0.2, -0.15) is 9.40 Å². The van der Waals surface area contributed by atoms with Crippen molar-refractivity contribution in [1.29, 1.82) is 0 Å². The summed E-state index contributed by atoms with van der Waals surface area (Å²) >= 11 is 0. The van der Waals surface area contributed by atoms with Crippen LogP contribution in [0.5, 0.6) is 0 Å². The van der Waals surface area contributed by atoms with Crippen LogP contribution in [0.1, 0.15) is 49.3 Å². The standard InChI is InChI=1S/C24H28FN3O2S/c1-19-6-13-23(14-7-19)31(29,30)28-22(5-2-3-17-27-18-4-16-26-27)12-15-24(28)20-8-10-21(25)11-9-20/h4,6-11,13-14,16,18,22,24H,2-3,5,12,15,17H2,1H3. The van der Waals surface area contributed by atoms with Crippen molar-refractivity contribution < 1.29 is 12.8 Å². The number of sulfonamides is 1. The fourth-order valence-electron chi connectivity index (χ4n) is 4.41. The van der Waals surface area contributed by atoms with Crippen LogP contribution in [0.3, 0.4) is 0 Å². The quantitative estimate of drug-likeness (QED) is 0.457. The van der Waals surface area contributed by atoms with Gasteiger partial charge in [-0.25, -0.2) is 12.8 Å². The molecule has 0 spiro atoms. The molecule has 1 saturated heterocycles. The van der Waals surface area contributed by atoms with Crippen molar-refractivity contribution in [3.8, 4) is 0 Å². The monoisotopic (exact) mass is 441 g/mol. The third-order valence-corrected chi connectivity index (χ3v) is 8.00. The second-order valence-electron chi connectivity index (χ2n) is 8.21. The van der Waals surface area contributed by atoms with Gasteiger partial charge in [0.05, 0.1) is 10.9 Å². The van der Waals surface area contributed by atoms with E-state index in [0.717, 1.165) is 49.8 Å². The first-order valence-electron chi connectivity index (χ1n) is 10.8. The average molecular weight is 442 g/mol. The third-order valence-electron chi connectivity index (χ3n) is 6.03. The second kappa shape index (κ2) is 9.32. The fraction of sp³-hybridized carbons (Fsp3) is 0.375. The summed E-state index contributed by atoms with van der Waals surface area (Å²) in [6.45, 7) is 2.77. The van der Waals surface area contributed by atoms with Crippen LogP contribution >= 0.6 is 0 Å². The molecule has 0 bridgehead atoms. The smallest absolute Gasteiger partial charge is 0.243 e. The number of nitrogens with zero attached hydrogens (tertiary/aromatic N) is 3. The first-order valence-corrected chi connectivity index (χ1v) is 12.2. The maximum Gasteiger partial charge on any atom is 0.243 e. The van der Waals surface area contributed by atoms with Gasteiger partial charge in [-0.1, -0.05) is 36.2 Å². The molecule has 2 atom stereocenters. The molecule has 0 radical (unpaired) electrons. The minimum atomic E-state index is -3.67. The van der Waals surface area contributed by atoms with Crippen molar-refractivity contribution in [2.24, 2.45) is 0 Å². The number of hydrogen-bond acceptors (Lipinski definition) is 3. The van der Waals surface area contributed by atoms with Gasteiger partial charge in [0.15, 0.2) is 0 Å². The molecule has 31 heavy (non-hydrogen) atoms. The van der Waals surface area contributed by atoms with E-state index >= 15 is 0 Å². The molecule has 0 aliphatic carbocycles. The zero-order chi connectivity index (χ0) is 21.8. The summed E-state index contributed by atoms with van der Waals surface area (Å²) in [5, 5.41) is 4.23. The third kappa shape index (κ3) is 4.88. The zero-order valence-corrected chi connectivity index (χ0v) is 18.5. The highest BCUT2D eigenvalue weighted by molar-refractivity contribution is 7.89. The number of aromatic nitrogens is 2. The van der Waals surface area contributed by atoms with Crippen LogP contribution in [0.15, 0.2) is 71.9 Å². The Bertz CT molecular complexity index is 1080. The van der Waals surface area contributed by atoms with Crippen molar-refractivity contribution in [3.63, 3.8) is 0 Å². The molecule has 2 unspecified atom stereocenters. The van der Waals surface area contributed by atoms with Crippen molar-refractivity contribution in [2.45, 2.75) is 62.6 Å². The first kappa shape index (κ1) is 21.7. The Labute approximate surface area is 183 Å². The van der Waals surface area contributed by atoms with Crippen LogP contribution < -0.4 is 0 Å². The van der Waals surface area contributed by atoms with Gasteiger partial charge < -0.3 is 0 Å². The summed E-state index contributed by atoms with van der Waals surface area (Å²) in [5.74, 6) is -0.315. The van der Waals surface area contributed by atoms with E-state index < -0.39 is 10.0 Å². The van der Waals surface area contributed by atoms with E-state index in [1.165, 1.54) is 12.1 Å². The highest BCUT2D eigenvalue weighted by atomic mass is 32.2. The minimum absolute atomic E-state index is 0.0704. The molecule has 2 heterocycles. The van der Waals surface area contributed by atoms with E-state index in [1.54, 1.807) is 34.8 Å². The number of benzene rings is 2. The molecule has 0 amide bonds. The number of hydrogen-bond donors (Lipinski definition) is 0. The van der Waals surface area contributed by atoms with Gasteiger partial charge >= 0.3 is 0 Å². The molecule has 2 aromatic carbocycles. The Morgan fingerprint density at radius 2 is 1.77 bits per heavy atom. The average Bonchev–Trinajstić information content (AvgIpc) is 3.42. The van der Waals surface area contributed by atoms with Crippen LogP contribution in [-0.2, 0) is 16.6 Å². The van der Waals surface area contributed by atoms with Crippen LogP contribution in [-0.4, -0.2) is 28.5 Å². The molecular formula is C24H28FN3O2S. The normalized spacial score (nSPS) is 19.7. The molecule has 1 aliphatic rings. The topological polar surface area (TPSA) is 55.2 Å². The molecule has 5 nitrogen and oxygen atoms in total. The highest BCUT2D eigenvalue weighted by Crippen LogP contribution is 2.42. The molecule has 1 aliphatic heterocycles. The van der Waals surface area contributed by atoms with Crippen LogP contribution in [0.25, 0.3) is 0 Å². The fourth-order valence-corrected chi connectivity index (χ4v) is 6.30. The Kier molecular flexibility index (Phi) is 6.53. The van der Waals surface area contributed by atoms with E-state index in [9.17, 15) is 12.8 Å². The van der Waals surface area contributed by atoms with E-state index in [2.05, 4.69) is 5.10 Å². The number of halogens is 1. The Morgan fingerprint density at radius 1 is 1.03 bits per heavy atom. The van der Waals surface area contributed by atoms with Gasteiger partial charge in [0.2, 0.25) is 10.0 Å². The largest absolute Gasteiger partial charge is 0.273 e. The van der Waals surface area contributed by atoms with Gasteiger partial charge in [-0.05, 0) is 68.5 Å². The summed E-state index contributed by atoms with van der Waals surface area (Å²) < 4.78 is 44.4. The second-order valence-corrected chi connectivity index (χ2v) is 10.1. The molecule has 4 rings (SSSR count). The van der Waals surface area contributed by atoms with Gasteiger partial charge in [0, 0.05) is 25.0 Å². The number of unbranched alkanes of at least 4 members (excludes halogenated alkanes) is 1. The van der Waals surface area contributed by atoms with Crippen LogP contribution in [0.2, 0.25) is 0 Å². The zero-order valence-electron chi connectivity index (χ0n) is 17.7. The summed E-state index contributed by atoms with van der Waals surface area (Å²) in [7, 11) is -3.67. The molecule has 0 saturated carbocycles. The Balaban J connectivity index is 1.56. The summed E-state index contributed by atoms with van der Waals surface area (Å²) in [5.41, 5.74) is 1.86. The van der Waals surface area contributed by atoms with Gasteiger partial charge in [-0.15, -0.1) is 0 Å². The predicted octanol–water partition coefficient (Wildman–Crippen LogP) is 5.10. The van der Waals surface area contributed by atoms with E-state index in [1.807, 2.05) is 36.0 Å².